The van der Waals surface area contributed by atoms with Gasteiger partial charge in [0.1, 0.15) is 7.22 Å². The third-order valence-corrected chi connectivity index (χ3v) is 15.8. The zero-order valence-corrected chi connectivity index (χ0v) is 13.3. The van der Waals surface area contributed by atoms with Crippen molar-refractivity contribution >= 4 is 19.3 Å². The summed E-state index contributed by atoms with van der Waals surface area (Å²) in [6, 6.07) is 0. The molecule has 0 saturated carbocycles. The predicted octanol–water partition coefficient (Wildman–Crippen LogP) is 5.26. The van der Waals surface area contributed by atoms with Gasteiger partial charge in [0.05, 0.1) is 0 Å². The Balaban J connectivity index is 5.54. The summed E-state index contributed by atoms with van der Waals surface area (Å²) < 4.78 is 0. The molecule has 0 spiro atoms. The first-order valence-corrected chi connectivity index (χ1v) is 8.76. The minimum absolute atomic E-state index is 0.326. The van der Waals surface area contributed by atoms with Crippen LogP contribution in [0.25, 0.3) is 0 Å². The largest absolute Gasteiger partial charge is 0.200 e. The second kappa shape index (κ2) is 3.55. The van der Waals surface area contributed by atoms with Gasteiger partial charge in [-0.05, 0) is 15.1 Å². The Morgan fingerprint density at radius 1 is 0.571 bits per heavy atom. The second-order valence-electron chi connectivity index (χ2n) is 7.46. The van der Waals surface area contributed by atoms with Gasteiger partial charge in [0.25, 0.3) is 0 Å². The fraction of sp³-hybridized carbons (Fsp3) is 1.00. The van der Waals surface area contributed by atoms with E-state index in [-0.39, 0.29) is 0 Å². The zero-order chi connectivity index (χ0) is 12.0. The highest BCUT2D eigenvalue weighted by molar-refractivity contribution is 8.15. The van der Waals surface area contributed by atoms with Gasteiger partial charge in [0, 0.05) is 0 Å². The molecule has 0 bridgehead atoms. The van der Waals surface area contributed by atoms with Gasteiger partial charge in [-0.3, -0.25) is 0 Å². The molecule has 2 heteroatoms. The average Bonchev–Trinajstić information content (AvgIpc) is 1.77. The van der Waals surface area contributed by atoms with E-state index in [1.807, 2.05) is 0 Å². The number of thiol groups is 1. The molecular weight excluding hydrogens is 204 g/mol. The van der Waals surface area contributed by atoms with Crippen molar-refractivity contribution < 1.29 is 0 Å². The summed E-state index contributed by atoms with van der Waals surface area (Å²) in [7, 11) is -1.66. The van der Waals surface area contributed by atoms with Crippen LogP contribution in [0.15, 0.2) is 0 Å². The summed E-state index contributed by atoms with van der Waals surface area (Å²) in [5.41, 5.74) is 0. The van der Waals surface area contributed by atoms with Crippen LogP contribution in [0, 0.1) is 0 Å². The molecule has 0 aromatic rings. The zero-order valence-electron chi connectivity index (χ0n) is 11.4. The van der Waals surface area contributed by atoms with Gasteiger partial charge in [-0.25, -0.2) is 0 Å². The van der Waals surface area contributed by atoms with Crippen molar-refractivity contribution in [3.63, 3.8) is 0 Å². The van der Waals surface area contributed by atoms with Crippen LogP contribution in [0.2, 0.25) is 15.1 Å². The molecule has 0 fully saturated rings. The summed E-state index contributed by atoms with van der Waals surface area (Å²) >= 11 is 5.20. The van der Waals surface area contributed by atoms with Gasteiger partial charge in [-0.2, -0.15) is 12.1 Å². The van der Waals surface area contributed by atoms with Crippen LogP contribution in [-0.2, 0) is 0 Å². The molecule has 0 aliphatic carbocycles. The molecule has 0 heterocycles. The lowest BCUT2D eigenvalue weighted by molar-refractivity contribution is 0.560. The van der Waals surface area contributed by atoms with Gasteiger partial charge in [0.15, 0.2) is 0 Å². The maximum atomic E-state index is 5.20. The Kier molecular flexibility index (Phi) is 3.69. The lowest BCUT2D eigenvalue weighted by Gasteiger charge is -2.56. The molecule has 0 rings (SSSR count). The van der Waals surface area contributed by atoms with E-state index in [9.17, 15) is 0 Å². The van der Waals surface area contributed by atoms with Crippen LogP contribution in [0.3, 0.4) is 0 Å². The topological polar surface area (TPSA) is 0 Å². The molecule has 14 heavy (non-hydrogen) atoms. The fourth-order valence-electron chi connectivity index (χ4n) is 3.38. The first kappa shape index (κ1) is 14.6. The van der Waals surface area contributed by atoms with Crippen LogP contribution in [0.5, 0.6) is 0 Å². The third kappa shape index (κ3) is 2.21. The molecule has 0 aromatic carbocycles. The van der Waals surface area contributed by atoms with E-state index < -0.39 is 7.22 Å². The van der Waals surface area contributed by atoms with E-state index in [0.29, 0.717) is 15.1 Å². The van der Waals surface area contributed by atoms with E-state index in [4.69, 9.17) is 12.1 Å². The van der Waals surface area contributed by atoms with Gasteiger partial charge in [0.2, 0.25) is 0 Å². The molecule has 0 aliphatic heterocycles. The lowest BCUT2D eigenvalue weighted by Crippen LogP contribution is -2.53. The summed E-state index contributed by atoms with van der Waals surface area (Å²) in [4.78, 5) is 0. The van der Waals surface area contributed by atoms with Gasteiger partial charge >= 0.3 is 0 Å². The summed E-state index contributed by atoms with van der Waals surface area (Å²) in [6.45, 7) is 21.1. The Hall–Kier alpha value is 0.567. The molecular formula is C12H28SSi. The molecule has 0 aromatic heterocycles. The molecule has 0 atom stereocenters. The minimum Gasteiger partial charge on any atom is -0.200 e. The van der Waals surface area contributed by atoms with E-state index in [1.165, 1.54) is 0 Å². The first-order valence-electron chi connectivity index (χ1n) is 5.47. The van der Waals surface area contributed by atoms with Crippen molar-refractivity contribution in [1.29, 1.82) is 0 Å². The van der Waals surface area contributed by atoms with Gasteiger partial charge in [-0.1, -0.05) is 62.3 Å². The van der Waals surface area contributed by atoms with Crippen LogP contribution < -0.4 is 0 Å². The first-order chi connectivity index (χ1) is 5.75. The smallest absolute Gasteiger partial charge is 0.129 e. The molecule has 0 saturated heterocycles. The van der Waals surface area contributed by atoms with E-state index >= 15 is 0 Å². The van der Waals surface area contributed by atoms with Crippen molar-refractivity contribution in [2.24, 2.45) is 0 Å². The normalized spacial score (nSPS) is 15.9. The van der Waals surface area contributed by atoms with Crippen molar-refractivity contribution in [1.82, 2.24) is 0 Å². The maximum Gasteiger partial charge on any atom is 0.129 e. The monoisotopic (exact) mass is 232 g/mol. The highest BCUT2D eigenvalue weighted by atomic mass is 32.3. The lowest BCUT2D eigenvalue weighted by atomic mass is 10.2. The standard InChI is InChI=1S/C12H28SSi/c1-10(2,3)14(13,11(4,5)6)12(7,8)9/h13H,1-9H3. The number of rotatable bonds is 0. The quantitative estimate of drug-likeness (QED) is 0.427. The van der Waals surface area contributed by atoms with E-state index in [1.54, 1.807) is 0 Å². The molecule has 0 nitrogen and oxygen atoms in total. The molecule has 0 N–H and O–H groups in total. The molecule has 0 unspecified atom stereocenters. The third-order valence-electron chi connectivity index (χ3n) is 3.26. The summed E-state index contributed by atoms with van der Waals surface area (Å²) in [5.74, 6) is 0. The Morgan fingerprint density at radius 2 is 0.714 bits per heavy atom. The summed E-state index contributed by atoms with van der Waals surface area (Å²) in [6.07, 6.45) is 0. The Bertz CT molecular complexity index is 164. The molecule has 0 radical (unpaired) electrons. The average molecular weight is 233 g/mol. The van der Waals surface area contributed by atoms with Crippen molar-refractivity contribution in [3.05, 3.63) is 0 Å². The van der Waals surface area contributed by atoms with Crippen LogP contribution in [-0.4, -0.2) is 7.22 Å². The second-order valence-corrected chi connectivity index (χ2v) is 15.4. The van der Waals surface area contributed by atoms with Crippen LogP contribution in [0.1, 0.15) is 62.3 Å². The predicted molar refractivity (Wildman–Crippen MR) is 73.9 cm³/mol. The van der Waals surface area contributed by atoms with Crippen molar-refractivity contribution in [3.8, 4) is 0 Å². The fourth-order valence-corrected chi connectivity index (χ4v) is 10.1. The van der Waals surface area contributed by atoms with E-state index in [2.05, 4.69) is 62.3 Å². The molecule has 86 valence electrons. The van der Waals surface area contributed by atoms with Crippen molar-refractivity contribution in [2.45, 2.75) is 77.4 Å². The van der Waals surface area contributed by atoms with Gasteiger partial charge in [-0.15, -0.1) is 0 Å². The van der Waals surface area contributed by atoms with Crippen molar-refractivity contribution in [2.75, 3.05) is 0 Å². The SMILES string of the molecule is CC(C)(C)[Si](S)(C(C)(C)C)C(C)(C)C. The van der Waals surface area contributed by atoms with Crippen LogP contribution >= 0.6 is 12.1 Å². The molecule has 0 amide bonds. The maximum absolute atomic E-state index is 5.20. The highest BCUT2D eigenvalue weighted by Gasteiger charge is 2.57. The highest BCUT2D eigenvalue weighted by Crippen LogP contribution is 2.63. The number of hydrogen-bond acceptors (Lipinski definition) is 1. The Labute approximate surface area is 96.9 Å². The van der Waals surface area contributed by atoms with Crippen LogP contribution in [0.4, 0.5) is 0 Å². The molecule has 0 aliphatic rings. The van der Waals surface area contributed by atoms with E-state index in [0.717, 1.165) is 0 Å². The van der Waals surface area contributed by atoms with Gasteiger partial charge < -0.3 is 0 Å². The Morgan fingerprint density at radius 3 is 0.714 bits per heavy atom. The summed E-state index contributed by atoms with van der Waals surface area (Å²) in [5, 5.41) is 0.978. The minimum atomic E-state index is -1.66. The number of hydrogen-bond donors (Lipinski definition) is 1.